The van der Waals surface area contributed by atoms with Crippen molar-refractivity contribution in [1.29, 1.82) is 0 Å². The van der Waals surface area contributed by atoms with Crippen molar-refractivity contribution >= 4 is 0 Å². The van der Waals surface area contributed by atoms with Crippen molar-refractivity contribution < 1.29 is 26.5 Å². The van der Waals surface area contributed by atoms with Gasteiger partial charge >= 0.3 is 0 Å². The largest absolute Gasteiger partial charge is 0.394 e. The predicted octanol–water partition coefficient (Wildman–Crippen LogP) is -1.04. The molecule has 0 aromatic heterocycles. The minimum Gasteiger partial charge on any atom is -0.394 e. The van der Waals surface area contributed by atoms with E-state index in [0.717, 1.165) is 25.7 Å². The molecule has 0 bridgehead atoms. The van der Waals surface area contributed by atoms with Crippen LogP contribution >= 0.6 is 0 Å². The number of aliphatic hydroxyl groups excluding tert-OH is 4. The molecule has 108 valence electrons. The summed E-state index contributed by atoms with van der Waals surface area (Å²) in [5.74, 6) is 0. The maximum absolute atomic E-state index is 9.86. The lowest BCUT2D eigenvalue weighted by Crippen LogP contribution is -2.63. The van der Waals surface area contributed by atoms with Crippen LogP contribution < -0.4 is 5.32 Å². The molecule has 6 nitrogen and oxygen atoms in total. The normalized spacial score (nSPS) is 37.6. The molecule has 0 aromatic rings. The van der Waals surface area contributed by atoms with Crippen molar-refractivity contribution in [2.24, 2.45) is 0 Å². The average molecular weight is 264 g/mol. The third-order valence-electron chi connectivity index (χ3n) is 3.21. The fourth-order valence-corrected chi connectivity index (χ4v) is 2.07. The Morgan fingerprint density at radius 3 is 2.61 bits per heavy atom. The van der Waals surface area contributed by atoms with E-state index in [1.807, 2.05) is 0 Å². The molecule has 0 amide bonds. The van der Waals surface area contributed by atoms with Gasteiger partial charge < -0.3 is 30.5 Å². The first-order valence-corrected chi connectivity index (χ1v) is 6.45. The van der Waals surface area contributed by atoms with Crippen LogP contribution in [-0.2, 0) is 4.74 Å². The number of nitrogens with one attached hydrogen (secondary N) is 1. The Hall–Kier alpha value is -0.240. The summed E-state index contributed by atoms with van der Waals surface area (Å²) in [5, 5.41) is 41.2. The number of unbranched alkanes of at least 4 members (excludes halogenated alkanes) is 3. The van der Waals surface area contributed by atoms with Gasteiger partial charge in [-0.3, -0.25) is 0 Å². The zero-order chi connectivity index (χ0) is 14.3. The van der Waals surface area contributed by atoms with Crippen LogP contribution in [0.5, 0.6) is 0 Å². The molecule has 18 heavy (non-hydrogen) atoms. The maximum Gasteiger partial charge on any atom is 0.173 e. The summed E-state index contributed by atoms with van der Waals surface area (Å²) in [4.78, 5) is 0. The van der Waals surface area contributed by atoms with E-state index in [1.165, 1.54) is 0 Å². The second-order valence-corrected chi connectivity index (χ2v) is 4.62. The Morgan fingerprint density at radius 1 is 1.17 bits per heavy atom. The van der Waals surface area contributed by atoms with E-state index in [4.69, 9.17) is 11.2 Å². The maximum atomic E-state index is 9.86. The van der Waals surface area contributed by atoms with Gasteiger partial charge in [0.05, 0.1) is 12.6 Å². The van der Waals surface area contributed by atoms with Crippen LogP contribution in [0.3, 0.4) is 0 Å². The number of hydrogen-bond donors (Lipinski definition) is 5. The van der Waals surface area contributed by atoms with E-state index in [1.54, 1.807) is 0 Å². The molecule has 1 saturated heterocycles. The Morgan fingerprint density at radius 2 is 1.94 bits per heavy atom. The molecule has 0 aromatic carbocycles. The van der Waals surface area contributed by atoms with Gasteiger partial charge in [0.25, 0.3) is 0 Å². The summed E-state index contributed by atoms with van der Waals surface area (Å²) in [7, 11) is 0. The van der Waals surface area contributed by atoms with Gasteiger partial charge in [0.1, 0.15) is 18.3 Å². The molecule has 0 spiro atoms. The summed E-state index contributed by atoms with van der Waals surface area (Å²) >= 11 is 0. The summed E-state index contributed by atoms with van der Waals surface area (Å²) in [6, 6.07) is -0.756. The third kappa shape index (κ3) is 4.15. The van der Waals surface area contributed by atoms with Crippen molar-refractivity contribution in [3.8, 4) is 0 Å². The minimum atomic E-state index is -1.25. The lowest BCUT2D eigenvalue weighted by Gasteiger charge is -2.40. The number of rotatable bonds is 7. The van der Waals surface area contributed by atoms with E-state index in [0.29, 0.717) is 13.4 Å². The van der Waals surface area contributed by atoms with Crippen LogP contribution in [0.2, 0.25) is 0 Å². The van der Waals surface area contributed by atoms with Crippen molar-refractivity contribution in [3.63, 3.8) is 0 Å². The van der Waals surface area contributed by atoms with Gasteiger partial charge in [0, 0.05) is 1.37 Å². The smallest absolute Gasteiger partial charge is 0.173 e. The molecule has 0 saturated carbocycles. The lowest BCUT2D eigenvalue weighted by atomic mass is 9.97. The van der Waals surface area contributed by atoms with Crippen molar-refractivity contribution in [2.75, 3.05) is 13.2 Å². The van der Waals surface area contributed by atoms with Crippen LogP contribution in [0.1, 0.15) is 34.0 Å². The Labute approximate surface area is 109 Å². The summed E-state index contributed by atoms with van der Waals surface area (Å²) in [5.41, 5.74) is 0. The van der Waals surface area contributed by atoms with Gasteiger partial charge in [-0.25, -0.2) is 0 Å². The second kappa shape index (κ2) is 8.04. The molecule has 1 aliphatic heterocycles. The van der Waals surface area contributed by atoms with Gasteiger partial charge in [0.15, 0.2) is 6.29 Å². The first-order chi connectivity index (χ1) is 9.11. The highest BCUT2D eigenvalue weighted by molar-refractivity contribution is 4.92. The predicted molar refractivity (Wildman–Crippen MR) is 65.9 cm³/mol. The minimum absolute atomic E-state index is 0.441. The highest BCUT2D eigenvalue weighted by Crippen LogP contribution is 2.19. The van der Waals surface area contributed by atoms with E-state index in [9.17, 15) is 15.3 Å². The van der Waals surface area contributed by atoms with Gasteiger partial charge in [-0.15, -0.1) is 0 Å². The summed E-state index contributed by atoms with van der Waals surface area (Å²) < 4.78 is 12.0. The van der Waals surface area contributed by atoms with Gasteiger partial charge in [0.2, 0.25) is 0 Å². The molecule has 1 aliphatic rings. The Balaban J connectivity index is 2.28. The number of aliphatic hydroxyl groups is 4. The van der Waals surface area contributed by atoms with E-state index < -0.39 is 37.3 Å². The second-order valence-electron chi connectivity index (χ2n) is 4.62. The van der Waals surface area contributed by atoms with E-state index >= 15 is 0 Å². The molecule has 1 fully saturated rings. The van der Waals surface area contributed by atoms with Crippen molar-refractivity contribution in [2.45, 2.75) is 63.2 Å². The number of hydrogen-bond acceptors (Lipinski definition) is 6. The lowest BCUT2D eigenvalue weighted by molar-refractivity contribution is -0.254. The first-order valence-electron chi connectivity index (χ1n) is 7.15. The average Bonchev–Trinajstić information content (AvgIpc) is 2.41. The fourth-order valence-electron chi connectivity index (χ4n) is 2.07. The van der Waals surface area contributed by atoms with E-state index in [-0.39, 0.29) is 0 Å². The van der Waals surface area contributed by atoms with Crippen LogP contribution in [-0.4, -0.2) is 64.2 Å². The quantitative estimate of drug-likeness (QED) is 0.376. The highest BCUT2D eigenvalue weighted by Gasteiger charge is 2.43. The van der Waals surface area contributed by atoms with E-state index in [2.05, 4.69) is 5.32 Å². The SMILES string of the molecule is [2H]CCCCCCN[C@H]1C(O)O[C@H](CO)[C@@H](O)[C@@H]1O. The van der Waals surface area contributed by atoms with Crippen molar-refractivity contribution in [3.05, 3.63) is 0 Å². The fraction of sp³-hybridized carbons (Fsp3) is 1.00. The number of ether oxygens (including phenoxy) is 1. The third-order valence-corrected chi connectivity index (χ3v) is 3.21. The molecule has 1 unspecified atom stereocenters. The molecule has 0 aliphatic carbocycles. The Bertz CT molecular complexity index is 246. The van der Waals surface area contributed by atoms with Crippen molar-refractivity contribution in [1.82, 2.24) is 5.32 Å². The molecule has 0 radical (unpaired) electrons. The molecular weight excluding hydrogens is 238 g/mol. The molecule has 6 heteroatoms. The zero-order valence-corrected chi connectivity index (χ0v) is 10.5. The van der Waals surface area contributed by atoms with Gasteiger partial charge in [-0.1, -0.05) is 26.2 Å². The highest BCUT2D eigenvalue weighted by atomic mass is 16.6. The molecule has 5 atom stereocenters. The summed E-state index contributed by atoms with van der Waals surface area (Å²) in [6.07, 6.45) is -0.864. The van der Waals surface area contributed by atoms with Gasteiger partial charge in [-0.05, 0) is 13.0 Å². The monoisotopic (exact) mass is 264 g/mol. The molecule has 1 heterocycles. The summed E-state index contributed by atoms with van der Waals surface area (Å²) in [6.45, 7) is 0.585. The molecule has 1 rings (SSSR count). The molecule has 5 N–H and O–H groups in total. The zero-order valence-electron chi connectivity index (χ0n) is 11.5. The standard InChI is InChI=1S/C12H25NO5/c1-2-3-4-5-6-13-9-11(16)10(15)8(7-14)18-12(9)17/h8-17H,2-7H2,1H3/t8-,9-,10-,11-,12?/m1/s1/i1D. The molecular formula is C12H25NO5. The van der Waals surface area contributed by atoms with Gasteiger partial charge in [-0.2, -0.15) is 0 Å². The topological polar surface area (TPSA) is 102 Å². The first kappa shape index (κ1) is 14.2. The van der Waals surface area contributed by atoms with Crippen LogP contribution in [0.15, 0.2) is 0 Å². The van der Waals surface area contributed by atoms with Crippen LogP contribution in [0, 0.1) is 0 Å². The Kier molecular flexibility index (Phi) is 6.33. The van der Waals surface area contributed by atoms with Crippen LogP contribution in [0.25, 0.3) is 0 Å². The van der Waals surface area contributed by atoms with Crippen LogP contribution in [0.4, 0.5) is 0 Å².